The zero-order valence-corrected chi connectivity index (χ0v) is 12.0. The van der Waals surface area contributed by atoms with Crippen LogP contribution in [0.1, 0.15) is 47.4 Å². The molecule has 2 N–H and O–H groups in total. The molecule has 1 heterocycles. The van der Waals surface area contributed by atoms with Gasteiger partial charge in [-0.05, 0) is 20.8 Å². The molecule has 4 nitrogen and oxygen atoms in total. The summed E-state index contributed by atoms with van der Waals surface area (Å²) in [7, 11) is 1.87. The minimum Gasteiger partial charge on any atom is -0.373 e. The van der Waals surface area contributed by atoms with Crippen LogP contribution in [0.25, 0.3) is 0 Å². The first kappa shape index (κ1) is 13.7. The van der Waals surface area contributed by atoms with E-state index in [1.807, 2.05) is 13.1 Å². The summed E-state index contributed by atoms with van der Waals surface area (Å²) in [5.74, 6) is 2.55. The Morgan fingerprint density at radius 3 is 1.88 bits per heavy atom. The van der Waals surface area contributed by atoms with Crippen molar-refractivity contribution in [2.45, 2.75) is 52.5 Å². The van der Waals surface area contributed by atoms with E-state index in [1.165, 1.54) is 0 Å². The lowest BCUT2D eigenvalue weighted by atomic mass is 9.95. The molecule has 0 unspecified atom stereocenters. The minimum absolute atomic E-state index is 0.00544. The molecule has 0 aromatic carbocycles. The highest BCUT2D eigenvalue weighted by molar-refractivity contribution is 5.48. The molecule has 0 saturated carbocycles. The maximum absolute atomic E-state index is 4.58. The van der Waals surface area contributed by atoms with E-state index in [4.69, 9.17) is 0 Å². The van der Waals surface area contributed by atoms with Gasteiger partial charge in [0, 0.05) is 24.1 Å². The normalized spacial score (nSPS) is 12.4. The standard InChI is InChI=1S/C13H24N4/c1-12(2,3)11-15-9(14-7)8-10(16-11)17-13(4,5)6/h8H,1-7H3,(H2,14,15,16,17). The van der Waals surface area contributed by atoms with E-state index in [9.17, 15) is 0 Å². The summed E-state index contributed by atoms with van der Waals surface area (Å²) in [6.45, 7) is 12.7. The monoisotopic (exact) mass is 236 g/mol. The molecule has 1 rings (SSSR count). The first-order chi connectivity index (χ1) is 7.62. The van der Waals surface area contributed by atoms with E-state index in [-0.39, 0.29) is 11.0 Å². The Morgan fingerprint density at radius 1 is 0.941 bits per heavy atom. The van der Waals surface area contributed by atoms with E-state index >= 15 is 0 Å². The van der Waals surface area contributed by atoms with Crippen LogP contribution in [0.2, 0.25) is 0 Å². The maximum Gasteiger partial charge on any atom is 0.138 e. The molecule has 0 atom stereocenters. The number of rotatable bonds is 2. The van der Waals surface area contributed by atoms with Crippen LogP contribution in [0.5, 0.6) is 0 Å². The fourth-order valence-corrected chi connectivity index (χ4v) is 1.36. The second-order valence-corrected chi connectivity index (χ2v) is 6.34. The Labute approximate surface area is 104 Å². The number of hydrogen-bond acceptors (Lipinski definition) is 4. The number of anilines is 2. The van der Waals surface area contributed by atoms with E-state index < -0.39 is 0 Å². The van der Waals surface area contributed by atoms with Crippen molar-refractivity contribution in [1.29, 1.82) is 0 Å². The van der Waals surface area contributed by atoms with Crippen molar-refractivity contribution >= 4 is 11.6 Å². The molecule has 0 spiro atoms. The van der Waals surface area contributed by atoms with Gasteiger partial charge in [0.1, 0.15) is 17.5 Å². The Morgan fingerprint density at radius 2 is 1.47 bits per heavy atom. The Bertz CT molecular complexity index is 385. The predicted molar refractivity (Wildman–Crippen MR) is 73.7 cm³/mol. The van der Waals surface area contributed by atoms with Crippen LogP contribution in [0.3, 0.4) is 0 Å². The van der Waals surface area contributed by atoms with Gasteiger partial charge in [-0.1, -0.05) is 20.8 Å². The quantitative estimate of drug-likeness (QED) is 0.828. The highest BCUT2D eigenvalue weighted by atomic mass is 15.1. The summed E-state index contributed by atoms with van der Waals surface area (Å²) >= 11 is 0. The van der Waals surface area contributed by atoms with Crippen molar-refractivity contribution in [3.63, 3.8) is 0 Å². The van der Waals surface area contributed by atoms with Gasteiger partial charge in [0.15, 0.2) is 0 Å². The van der Waals surface area contributed by atoms with Crippen LogP contribution in [0.4, 0.5) is 11.6 Å². The van der Waals surface area contributed by atoms with Gasteiger partial charge >= 0.3 is 0 Å². The number of aromatic nitrogens is 2. The van der Waals surface area contributed by atoms with Gasteiger partial charge in [0.25, 0.3) is 0 Å². The fourth-order valence-electron chi connectivity index (χ4n) is 1.36. The number of nitrogens with one attached hydrogen (secondary N) is 2. The van der Waals surface area contributed by atoms with Gasteiger partial charge in [-0.3, -0.25) is 0 Å². The van der Waals surface area contributed by atoms with Gasteiger partial charge in [0.05, 0.1) is 0 Å². The molecule has 0 aliphatic carbocycles. The van der Waals surface area contributed by atoms with E-state index in [2.05, 4.69) is 62.1 Å². The van der Waals surface area contributed by atoms with Crippen molar-refractivity contribution in [3.05, 3.63) is 11.9 Å². The highest BCUT2D eigenvalue weighted by Gasteiger charge is 2.20. The molecule has 96 valence electrons. The molecule has 0 amide bonds. The molecule has 17 heavy (non-hydrogen) atoms. The lowest BCUT2D eigenvalue weighted by Gasteiger charge is -2.24. The van der Waals surface area contributed by atoms with E-state index in [0.717, 1.165) is 17.5 Å². The summed E-state index contributed by atoms with van der Waals surface area (Å²) < 4.78 is 0. The van der Waals surface area contributed by atoms with E-state index in [0.29, 0.717) is 0 Å². The molecule has 4 heteroatoms. The Balaban J connectivity index is 3.15. The van der Waals surface area contributed by atoms with Crippen LogP contribution in [0.15, 0.2) is 6.07 Å². The molecule has 0 bridgehead atoms. The van der Waals surface area contributed by atoms with Crippen molar-refractivity contribution < 1.29 is 0 Å². The zero-order valence-electron chi connectivity index (χ0n) is 12.0. The summed E-state index contributed by atoms with van der Waals surface area (Å²) in [5, 5.41) is 6.45. The molecule has 0 aliphatic rings. The molecular weight excluding hydrogens is 212 g/mol. The van der Waals surface area contributed by atoms with Crippen LogP contribution < -0.4 is 10.6 Å². The first-order valence-electron chi connectivity index (χ1n) is 5.97. The predicted octanol–water partition coefficient (Wildman–Crippen LogP) is 3.03. The Kier molecular flexibility index (Phi) is 3.65. The molecule has 0 radical (unpaired) electrons. The topological polar surface area (TPSA) is 49.8 Å². The number of hydrogen-bond donors (Lipinski definition) is 2. The lowest BCUT2D eigenvalue weighted by molar-refractivity contribution is 0.544. The second kappa shape index (κ2) is 4.51. The molecule has 0 fully saturated rings. The summed E-state index contributed by atoms with van der Waals surface area (Å²) in [5.41, 5.74) is -0.0598. The highest BCUT2D eigenvalue weighted by Crippen LogP contribution is 2.23. The molecule has 0 saturated heterocycles. The molecule has 1 aromatic rings. The second-order valence-electron chi connectivity index (χ2n) is 6.34. The van der Waals surface area contributed by atoms with Crippen LogP contribution >= 0.6 is 0 Å². The van der Waals surface area contributed by atoms with Gasteiger partial charge in [-0.25, -0.2) is 9.97 Å². The lowest BCUT2D eigenvalue weighted by Crippen LogP contribution is -2.28. The maximum atomic E-state index is 4.58. The average Bonchev–Trinajstić information content (AvgIpc) is 2.13. The van der Waals surface area contributed by atoms with Gasteiger partial charge in [-0.2, -0.15) is 0 Å². The van der Waals surface area contributed by atoms with E-state index in [1.54, 1.807) is 0 Å². The summed E-state index contributed by atoms with van der Waals surface area (Å²) in [6, 6.07) is 1.93. The molecule has 1 aromatic heterocycles. The third-order valence-corrected chi connectivity index (χ3v) is 2.16. The average molecular weight is 236 g/mol. The Hall–Kier alpha value is -1.32. The van der Waals surface area contributed by atoms with Crippen LogP contribution in [-0.2, 0) is 5.41 Å². The van der Waals surface area contributed by atoms with Crippen molar-refractivity contribution in [2.24, 2.45) is 0 Å². The third-order valence-electron chi connectivity index (χ3n) is 2.16. The van der Waals surface area contributed by atoms with Crippen LogP contribution in [-0.4, -0.2) is 22.6 Å². The SMILES string of the molecule is CNc1cc(NC(C)(C)C)nc(C(C)(C)C)n1. The summed E-state index contributed by atoms with van der Waals surface area (Å²) in [6.07, 6.45) is 0. The number of nitrogens with zero attached hydrogens (tertiary/aromatic N) is 2. The van der Waals surface area contributed by atoms with Gasteiger partial charge in [-0.15, -0.1) is 0 Å². The largest absolute Gasteiger partial charge is 0.373 e. The van der Waals surface area contributed by atoms with Gasteiger partial charge < -0.3 is 10.6 Å². The fraction of sp³-hybridized carbons (Fsp3) is 0.692. The molecular formula is C13H24N4. The minimum atomic E-state index is -0.0544. The van der Waals surface area contributed by atoms with Crippen LogP contribution in [0, 0.1) is 0 Å². The van der Waals surface area contributed by atoms with Crippen molar-refractivity contribution in [1.82, 2.24) is 9.97 Å². The first-order valence-corrected chi connectivity index (χ1v) is 5.97. The zero-order chi connectivity index (χ0) is 13.3. The van der Waals surface area contributed by atoms with Gasteiger partial charge in [0.2, 0.25) is 0 Å². The summed E-state index contributed by atoms with van der Waals surface area (Å²) in [4.78, 5) is 9.07. The molecule has 0 aliphatic heterocycles. The third kappa shape index (κ3) is 4.21. The smallest absolute Gasteiger partial charge is 0.138 e. The van der Waals surface area contributed by atoms with Crippen molar-refractivity contribution in [2.75, 3.05) is 17.7 Å². The van der Waals surface area contributed by atoms with Crippen molar-refractivity contribution in [3.8, 4) is 0 Å².